The fourth-order valence-corrected chi connectivity index (χ4v) is 3.17. The van der Waals surface area contributed by atoms with Crippen LogP contribution in [0.15, 0.2) is 42.5 Å². The van der Waals surface area contributed by atoms with E-state index in [2.05, 4.69) is 5.32 Å². The van der Waals surface area contributed by atoms with Gasteiger partial charge in [0.2, 0.25) is 5.91 Å². The Labute approximate surface area is 149 Å². The predicted molar refractivity (Wildman–Crippen MR) is 95.9 cm³/mol. The van der Waals surface area contributed by atoms with Gasteiger partial charge in [-0.1, -0.05) is 53.0 Å². The van der Waals surface area contributed by atoms with E-state index >= 15 is 0 Å². The maximum atomic E-state index is 11.8. The van der Waals surface area contributed by atoms with Crippen LogP contribution in [0, 0.1) is 0 Å². The molecule has 116 valence electrons. The molecule has 0 aliphatic heterocycles. The molecule has 0 atom stereocenters. The average molecular weight is 375 g/mol. The van der Waals surface area contributed by atoms with Gasteiger partial charge in [0, 0.05) is 27.4 Å². The summed E-state index contributed by atoms with van der Waals surface area (Å²) in [6.45, 7) is 0.399. The van der Waals surface area contributed by atoms with Crippen molar-refractivity contribution in [1.82, 2.24) is 5.32 Å². The van der Waals surface area contributed by atoms with E-state index in [0.717, 1.165) is 16.9 Å². The number of carbonyl (C=O) groups excluding carboxylic acids is 1. The molecule has 0 aliphatic rings. The number of hydrogen-bond donors (Lipinski definition) is 1. The van der Waals surface area contributed by atoms with Crippen molar-refractivity contribution in [2.75, 3.05) is 5.75 Å². The van der Waals surface area contributed by atoms with Gasteiger partial charge in [-0.2, -0.15) is 0 Å². The number of rotatable bonds is 6. The number of thioether (sulfide) groups is 1. The fraction of sp³-hybridized carbons (Fsp3) is 0.188. The standard InChI is InChI=1S/C16H14Cl3NOS/c17-13-4-1-11(2-5-13)9-22-10-16(21)20-8-12-3-6-14(18)7-15(12)19/h1-7H,8-10H2,(H,20,21). The van der Waals surface area contributed by atoms with Crippen LogP contribution in [0.1, 0.15) is 11.1 Å². The van der Waals surface area contributed by atoms with E-state index in [1.54, 1.807) is 23.9 Å². The van der Waals surface area contributed by atoms with Crippen molar-refractivity contribution in [3.63, 3.8) is 0 Å². The van der Waals surface area contributed by atoms with Gasteiger partial charge in [-0.15, -0.1) is 11.8 Å². The molecule has 2 nitrogen and oxygen atoms in total. The molecule has 0 spiro atoms. The Morgan fingerprint density at radius 1 is 1.00 bits per heavy atom. The molecule has 0 radical (unpaired) electrons. The van der Waals surface area contributed by atoms with Gasteiger partial charge in [-0.05, 0) is 35.4 Å². The second-order valence-electron chi connectivity index (χ2n) is 4.63. The highest BCUT2D eigenvalue weighted by atomic mass is 35.5. The Kier molecular flexibility index (Phi) is 6.90. The number of carbonyl (C=O) groups is 1. The summed E-state index contributed by atoms with van der Waals surface area (Å²) in [5, 5.41) is 4.70. The first-order chi connectivity index (χ1) is 10.5. The first-order valence-electron chi connectivity index (χ1n) is 6.57. The van der Waals surface area contributed by atoms with Gasteiger partial charge in [0.05, 0.1) is 5.75 Å². The summed E-state index contributed by atoms with van der Waals surface area (Å²) in [4.78, 5) is 11.8. The SMILES string of the molecule is O=C(CSCc1ccc(Cl)cc1)NCc1ccc(Cl)cc1Cl. The van der Waals surface area contributed by atoms with E-state index in [0.29, 0.717) is 27.4 Å². The summed E-state index contributed by atoms with van der Waals surface area (Å²) < 4.78 is 0. The average Bonchev–Trinajstić information content (AvgIpc) is 2.48. The Balaban J connectivity index is 1.72. The third-order valence-electron chi connectivity index (χ3n) is 2.91. The molecule has 2 rings (SSSR count). The number of nitrogens with one attached hydrogen (secondary N) is 1. The van der Waals surface area contributed by atoms with Crippen LogP contribution in [0.4, 0.5) is 0 Å². The van der Waals surface area contributed by atoms with Gasteiger partial charge in [0.1, 0.15) is 0 Å². The van der Waals surface area contributed by atoms with E-state index in [4.69, 9.17) is 34.8 Å². The minimum Gasteiger partial charge on any atom is -0.351 e. The maximum absolute atomic E-state index is 11.8. The summed E-state index contributed by atoms with van der Waals surface area (Å²) in [7, 11) is 0. The molecule has 2 aromatic rings. The van der Waals surface area contributed by atoms with E-state index in [1.165, 1.54) is 0 Å². The zero-order valence-electron chi connectivity index (χ0n) is 11.6. The van der Waals surface area contributed by atoms with E-state index in [-0.39, 0.29) is 5.91 Å². The van der Waals surface area contributed by atoms with Crippen LogP contribution in [0.2, 0.25) is 15.1 Å². The molecule has 0 saturated carbocycles. The Bertz CT molecular complexity index is 646. The van der Waals surface area contributed by atoms with Gasteiger partial charge in [-0.3, -0.25) is 4.79 Å². The molecule has 0 fully saturated rings. The monoisotopic (exact) mass is 373 g/mol. The molecule has 0 aromatic heterocycles. The summed E-state index contributed by atoms with van der Waals surface area (Å²) in [5.74, 6) is 1.14. The highest BCUT2D eigenvalue weighted by Crippen LogP contribution is 2.21. The molecular formula is C16H14Cl3NOS. The molecule has 1 N–H and O–H groups in total. The second-order valence-corrected chi connectivity index (χ2v) is 6.90. The van der Waals surface area contributed by atoms with Crippen LogP contribution in [-0.2, 0) is 17.1 Å². The normalized spacial score (nSPS) is 10.5. The van der Waals surface area contributed by atoms with E-state index < -0.39 is 0 Å². The third-order valence-corrected chi connectivity index (χ3v) is 4.75. The van der Waals surface area contributed by atoms with Crippen LogP contribution in [-0.4, -0.2) is 11.7 Å². The van der Waals surface area contributed by atoms with Crippen molar-refractivity contribution < 1.29 is 4.79 Å². The van der Waals surface area contributed by atoms with Gasteiger partial charge in [-0.25, -0.2) is 0 Å². The number of amides is 1. The van der Waals surface area contributed by atoms with Crippen LogP contribution < -0.4 is 5.32 Å². The minimum atomic E-state index is -0.0232. The maximum Gasteiger partial charge on any atom is 0.230 e. The van der Waals surface area contributed by atoms with Crippen molar-refractivity contribution in [3.05, 3.63) is 68.7 Å². The molecule has 0 unspecified atom stereocenters. The van der Waals surface area contributed by atoms with Gasteiger partial charge in [0.15, 0.2) is 0 Å². The quantitative estimate of drug-likeness (QED) is 0.753. The zero-order valence-corrected chi connectivity index (χ0v) is 14.7. The summed E-state index contributed by atoms with van der Waals surface area (Å²) in [6.07, 6.45) is 0. The lowest BCUT2D eigenvalue weighted by Gasteiger charge is -2.07. The molecular weight excluding hydrogens is 361 g/mol. The molecule has 0 saturated heterocycles. The van der Waals surface area contributed by atoms with Crippen molar-refractivity contribution >= 4 is 52.5 Å². The molecule has 0 bridgehead atoms. The number of halogens is 3. The molecule has 6 heteroatoms. The largest absolute Gasteiger partial charge is 0.351 e. The Morgan fingerprint density at radius 3 is 2.36 bits per heavy atom. The minimum absolute atomic E-state index is 0.0232. The molecule has 0 aliphatic carbocycles. The van der Waals surface area contributed by atoms with Gasteiger partial charge < -0.3 is 5.32 Å². The number of hydrogen-bond acceptors (Lipinski definition) is 2. The Morgan fingerprint density at radius 2 is 1.68 bits per heavy atom. The fourth-order valence-electron chi connectivity index (χ4n) is 1.75. The first kappa shape index (κ1) is 17.5. The summed E-state index contributed by atoms with van der Waals surface area (Å²) in [5.41, 5.74) is 1.99. The predicted octanol–water partition coefficient (Wildman–Crippen LogP) is 5.20. The highest BCUT2D eigenvalue weighted by molar-refractivity contribution is 7.99. The summed E-state index contributed by atoms with van der Waals surface area (Å²) in [6, 6.07) is 12.8. The second kappa shape index (κ2) is 8.68. The zero-order chi connectivity index (χ0) is 15.9. The molecule has 0 heterocycles. The van der Waals surface area contributed by atoms with Gasteiger partial charge in [0.25, 0.3) is 0 Å². The lowest BCUT2D eigenvalue weighted by atomic mass is 10.2. The van der Waals surface area contributed by atoms with E-state index in [9.17, 15) is 4.79 Å². The molecule has 2 aromatic carbocycles. The highest BCUT2D eigenvalue weighted by Gasteiger charge is 2.05. The number of benzene rings is 2. The third kappa shape index (κ3) is 5.73. The molecule has 1 amide bonds. The van der Waals surface area contributed by atoms with E-state index in [1.807, 2.05) is 30.3 Å². The molecule has 22 heavy (non-hydrogen) atoms. The van der Waals surface area contributed by atoms with Crippen molar-refractivity contribution in [1.29, 1.82) is 0 Å². The smallest absolute Gasteiger partial charge is 0.230 e. The first-order valence-corrected chi connectivity index (χ1v) is 8.86. The van der Waals surface area contributed by atoms with Gasteiger partial charge >= 0.3 is 0 Å². The van der Waals surface area contributed by atoms with Crippen LogP contribution >= 0.6 is 46.6 Å². The Hall–Kier alpha value is -0.870. The topological polar surface area (TPSA) is 29.1 Å². The van der Waals surface area contributed by atoms with Crippen LogP contribution in [0.25, 0.3) is 0 Å². The van der Waals surface area contributed by atoms with Crippen molar-refractivity contribution in [2.45, 2.75) is 12.3 Å². The lowest BCUT2D eigenvalue weighted by molar-refractivity contribution is -0.118. The van der Waals surface area contributed by atoms with Crippen LogP contribution in [0.5, 0.6) is 0 Å². The van der Waals surface area contributed by atoms with Crippen LogP contribution in [0.3, 0.4) is 0 Å². The lowest BCUT2D eigenvalue weighted by Crippen LogP contribution is -2.24. The van der Waals surface area contributed by atoms with Crippen molar-refractivity contribution in [3.8, 4) is 0 Å². The van der Waals surface area contributed by atoms with Crippen molar-refractivity contribution in [2.24, 2.45) is 0 Å². The summed E-state index contributed by atoms with van der Waals surface area (Å²) >= 11 is 19.3.